The number of alkyl halides is 3. The molecule has 0 aromatic carbocycles. The van der Waals surface area contributed by atoms with Crippen molar-refractivity contribution < 1.29 is 17.9 Å². The summed E-state index contributed by atoms with van der Waals surface area (Å²) in [4.78, 5) is 0. The smallest absolute Gasteiger partial charge is 0.315 e. The lowest BCUT2D eigenvalue weighted by molar-refractivity contribution is -0.326. The average Bonchev–Trinajstić information content (AvgIpc) is 2.08. The van der Waals surface area contributed by atoms with Crippen LogP contribution < -0.4 is 10.6 Å². The Morgan fingerprint density at radius 3 is 2.29 bits per heavy atom. The minimum atomic E-state index is -4.54. The topological polar surface area (TPSA) is 33.3 Å². The zero-order chi connectivity index (χ0) is 10.9. The van der Waals surface area contributed by atoms with Crippen molar-refractivity contribution in [3.63, 3.8) is 0 Å². The van der Waals surface area contributed by atoms with Gasteiger partial charge in [0.15, 0.2) is 0 Å². The number of hydrogen-bond donors (Lipinski definition) is 2. The van der Waals surface area contributed by atoms with E-state index in [0.717, 1.165) is 19.4 Å². The zero-order valence-electron chi connectivity index (χ0n) is 8.28. The van der Waals surface area contributed by atoms with E-state index in [0.29, 0.717) is 13.1 Å². The van der Waals surface area contributed by atoms with E-state index in [1.807, 2.05) is 0 Å². The Bertz CT molecular complexity index is 130. The van der Waals surface area contributed by atoms with Crippen LogP contribution in [-0.2, 0) is 4.74 Å². The van der Waals surface area contributed by atoms with Crippen LogP contribution >= 0.6 is 0 Å². The summed E-state index contributed by atoms with van der Waals surface area (Å²) in [7, 11) is 0. The number of ether oxygens (including phenoxy) is 1. The van der Waals surface area contributed by atoms with Gasteiger partial charge in [-0.2, -0.15) is 0 Å². The van der Waals surface area contributed by atoms with Gasteiger partial charge >= 0.3 is 6.36 Å². The van der Waals surface area contributed by atoms with Gasteiger partial charge in [-0.25, -0.2) is 0 Å². The Labute approximate surface area is 82.0 Å². The number of nitrogens with one attached hydrogen (secondary N) is 2. The van der Waals surface area contributed by atoms with Gasteiger partial charge in [0.25, 0.3) is 0 Å². The van der Waals surface area contributed by atoms with Crippen LogP contribution in [0.5, 0.6) is 0 Å². The Balaban J connectivity index is 2.99. The normalized spacial score (nSPS) is 12.0. The van der Waals surface area contributed by atoms with Crippen LogP contribution in [0, 0.1) is 0 Å². The summed E-state index contributed by atoms with van der Waals surface area (Å²) in [6.07, 6.45) is -2.35. The third-order valence-electron chi connectivity index (χ3n) is 1.52. The van der Waals surface area contributed by atoms with Crippen LogP contribution in [0.15, 0.2) is 0 Å². The van der Waals surface area contributed by atoms with Crippen molar-refractivity contribution in [3.05, 3.63) is 0 Å². The van der Waals surface area contributed by atoms with E-state index >= 15 is 0 Å². The molecule has 0 aliphatic rings. The molecule has 0 saturated carbocycles. The number of rotatable bonds is 8. The fraction of sp³-hybridized carbons (Fsp3) is 1.00. The van der Waals surface area contributed by atoms with Crippen molar-refractivity contribution >= 4 is 0 Å². The highest BCUT2D eigenvalue weighted by molar-refractivity contribution is 4.49. The fourth-order valence-corrected chi connectivity index (χ4v) is 0.809. The first-order valence-electron chi connectivity index (χ1n) is 4.68. The maximum atomic E-state index is 11.5. The minimum Gasteiger partial charge on any atom is -0.315 e. The number of hydrogen-bond acceptors (Lipinski definition) is 3. The molecule has 0 bridgehead atoms. The SMILES string of the molecule is CCCCNCCNCOC(F)(F)F. The van der Waals surface area contributed by atoms with E-state index in [9.17, 15) is 13.2 Å². The summed E-state index contributed by atoms with van der Waals surface area (Å²) < 4.78 is 37.9. The van der Waals surface area contributed by atoms with Crippen molar-refractivity contribution in [1.29, 1.82) is 0 Å². The highest BCUT2D eigenvalue weighted by Gasteiger charge is 2.28. The number of halogens is 3. The molecule has 0 aromatic rings. The van der Waals surface area contributed by atoms with Gasteiger partial charge in [0.2, 0.25) is 0 Å². The molecular formula is C8H17F3N2O. The van der Waals surface area contributed by atoms with Gasteiger partial charge in [0, 0.05) is 13.1 Å². The Hall–Kier alpha value is -0.330. The summed E-state index contributed by atoms with van der Waals surface area (Å²) >= 11 is 0. The molecule has 6 heteroatoms. The van der Waals surface area contributed by atoms with Crippen LogP contribution in [0.1, 0.15) is 19.8 Å². The fourth-order valence-electron chi connectivity index (χ4n) is 0.809. The van der Waals surface area contributed by atoms with Gasteiger partial charge in [0.05, 0.1) is 0 Å². The molecule has 14 heavy (non-hydrogen) atoms. The average molecular weight is 214 g/mol. The minimum absolute atomic E-state index is 0.472. The van der Waals surface area contributed by atoms with Gasteiger partial charge in [0.1, 0.15) is 6.73 Å². The highest BCUT2D eigenvalue weighted by atomic mass is 19.4. The molecule has 2 N–H and O–H groups in total. The predicted molar refractivity (Wildman–Crippen MR) is 47.8 cm³/mol. The van der Waals surface area contributed by atoms with Crippen LogP contribution in [0.2, 0.25) is 0 Å². The molecule has 0 aromatic heterocycles. The van der Waals surface area contributed by atoms with Crippen molar-refractivity contribution in [3.8, 4) is 0 Å². The molecule has 0 unspecified atom stereocenters. The van der Waals surface area contributed by atoms with Gasteiger partial charge in [-0.15, -0.1) is 13.2 Å². The van der Waals surface area contributed by atoms with Gasteiger partial charge in [-0.1, -0.05) is 13.3 Å². The standard InChI is InChI=1S/C8H17F3N2O/c1-2-3-4-12-5-6-13-7-14-8(9,10)11/h12-13H,2-7H2,1H3. The Morgan fingerprint density at radius 1 is 1.07 bits per heavy atom. The van der Waals surface area contributed by atoms with Gasteiger partial charge < -0.3 is 5.32 Å². The lowest BCUT2D eigenvalue weighted by Crippen LogP contribution is -2.31. The molecule has 3 nitrogen and oxygen atoms in total. The van der Waals surface area contributed by atoms with E-state index in [-0.39, 0.29) is 0 Å². The molecule has 0 aliphatic carbocycles. The van der Waals surface area contributed by atoms with Crippen molar-refractivity contribution in [1.82, 2.24) is 10.6 Å². The second-order valence-electron chi connectivity index (χ2n) is 2.84. The van der Waals surface area contributed by atoms with Gasteiger partial charge in [-0.3, -0.25) is 10.1 Å². The number of unbranched alkanes of at least 4 members (excludes halogenated alkanes) is 1. The Kier molecular flexibility index (Phi) is 7.83. The molecular weight excluding hydrogens is 197 g/mol. The van der Waals surface area contributed by atoms with E-state index in [4.69, 9.17) is 0 Å². The van der Waals surface area contributed by atoms with E-state index in [1.54, 1.807) is 0 Å². The summed E-state index contributed by atoms with van der Waals surface area (Å²) in [5, 5.41) is 5.60. The lowest BCUT2D eigenvalue weighted by Gasteiger charge is -2.08. The summed E-state index contributed by atoms with van der Waals surface area (Å²) in [5.74, 6) is 0. The van der Waals surface area contributed by atoms with Crippen LogP contribution in [0.4, 0.5) is 13.2 Å². The van der Waals surface area contributed by atoms with Crippen molar-refractivity contribution in [2.75, 3.05) is 26.4 Å². The second-order valence-corrected chi connectivity index (χ2v) is 2.84. The van der Waals surface area contributed by atoms with Crippen molar-refractivity contribution in [2.24, 2.45) is 0 Å². The van der Waals surface area contributed by atoms with E-state index in [2.05, 4.69) is 22.3 Å². The monoisotopic (exact) mass is 214 g/mol. The lowest BCUT2D eigenvalue weighted by atomic mass is 10.3. The quantitative estimate of drug-likeness (QED) is 0.474. The molecule has 0 radical (unpaired) electrons. The molecule has 0 heterocycles. The molecule has 86 valence electrons. The summed E-state index contributed by atoms with van der Waals surface area (Å²) in [6, 6.07) is 0. The molecule has 0 fully saturated rings. The summed E-state index contributed by atoms with van der Waals surface area (Å²) in [6.45, 7) is 3.62. The van der Waals surface area contributed by atoms with E-state index < -0.39 is 13.1 Å². The largest absolute Gasteiger partial charge is 0.523 e. The molecule has 0 aliphatic heterocycles. The molecule has 0 atom stereocenters. The molecule has 0 spiro atoms. The molecule has 0 saturated heterocycles. The third-order valence-corrected chi connectivity index (χ3v) is 1.52. The first-order valence-corrected chi connectivity index (χ1v) is 4.68. The maximum absolute atomic E-state index is 11.5. The second kappa shape index (κ2) is 8.02. The van der Waals surface area contributed by atoms with E-state index in [1.165, 1.54) is 0 Å². The van der Waals surface area contributed by atoms with Crippen LogP contribution in [0.3, 0.4) is 0 Å². The van der Waals surface area contributed by atoms with Crippen molar-refractivity contribution in [2.45, 2.75) is 26.1 Å². The third kappa shape index (κ3) is 11.7. The van der Waals surface area contributed by atoms with Gasteiger partial charge in [-0.05, 0) is 13.0 Å². The Morgan fingerprint density at radius 2 is 1.71 bits per heavy atom. The first kappa shape index (κ1) is 13.7. The highest BCUT2D eigenvalue weighted by Crippen LogP contribution is 2.14. The first-order chi connectivity index (χ1) is 6.56. The summed E-state index contributed by atoms with van der Waals surface area (Å²) in [5.41, 5.74) is 0. The zero-order valence-corrected chi connectivity index (χ0v) is 8.28. The van der Waals surface area contributed by atoms with Crippen LogP contribution in [0.25, 0.3) is 0 Å². The molecule has 0 rings (SSSR count). The molecule has 0 amide bonds. The maximum Gasteiger partial charge on any atom is 0.523 e. The van der Waals surface area contributed by atoms with Crippen LogP contribution in [-0.4, -0.2) is 32.7 Å². The predicted octanol–water partition coefficient (Wildman–Crippen LogP) is 1.46.